The topological polar surface area (TPSA) is 64.6 Å². The minimum Gasteiger partial charge on any atom is -0.496 e. The molecule has 2 rings (SSSR count). The summed E-state index contributed by atoms with van der Waals surface area (Å²) in [5, 5.41) is 0. The van der Waals surface area contributed by atoms with Gasteiger partial charge >= 0.3 is 0 Å². The lowest BCUT2D eigenvalue weighted by Crippen LogP contribution is -2.14. The van der Waals surface area contributed by atoms with E-state index in [9.17, 15) is 8.42 Å². The summed E-state index contributed by atoms with van der Waals surface area (Å²) in [4.78, 5) is 0.194. The Kier molecular flexibility index (Phi) is 4.61. The fraction of sp³-hybridized carbons (Fsp3) is 0.250. The Balaban J connectivity index is 2.42. The van der Waals surface area contributed by atoms with Crippen molar-refractivity contribution in [3.05, 3.63) is 47.5 Å². The predicted molar refractivity (Wildman–Crippen MR) is 86.3 cm³/mol. The van der Waals surface area contributed by atoms with Crippen LogP contribution in [-0.2, 0) is 10.0 Å². The van der Waals surface area contributed by atoms with Crippen LogP contribution in [0.4, 0.5) is 5.69 Å². The molecule has 6 heteroatoms. The van der Waals surface area contributed by atoms with Gasteiger partial charge in [-0.3, -0.25) is 4.72 Å². The number of hydrogen-bond acceptors (Lipinski definition) is 4. The van der Waals surface area contributed by atoms with E-state index >= 15 is 0 Å². The van der Waals surface area contributed by atoms with E-state index in [2.05, 4.69) is 4.72 Å². The Morgan fingerprint density at radius 1 is 0.909 bits per heavy atom. The molecule has 0 amide bonds. The van der Waals surface area contributed by atoms with Crippen LogP contribution in [0.5, 0.6) is 11.5 Å². The third kappa shape index (κ3) is 3.33. The van der Waals surface area contributed by atoms with Crippen molar-refractivity contribution in [2.24, 2.45) is 0 Å². The van der Waals surface area contributed by atoms with Crippen LogP contribution in [0.2, 0.25) is 0 Å². The van der Waals surface area contributed by atoms with Crippen LogP contribution in [0.25, 0.3) is 0 Å². The zero-order valence-electron chi connectivity index (χ0n) is 13.0. The highest BCUT2D eigenvalue weighted by Gasteiger charge is 2.18. The molecule has 0 bridgehead atoms. The van der Waals surface area contributed by atoms with Crippen molar-refractivity contribution in [1.82, 2.24) is 0 Å². The van der Waals surface area contributed by atoms with Crippen molar-refractivity contribution in [3.8, 4) is 11.5 Å². The third-order valence-electron chi connectivity index (χ3n) is 3.29. The number of sulfonamides is 1. The second-order valence-electron chi connectivity index (χ2n) is 4.94. The van der Waals surface area contributed by atoms with Crippen molar-refractivity contribution < 1.29 is 17.9 Å². The summed E-state index contributed by atoms with van der Waals surface area (Å²) in [6.45, 7) is 3.76. The van der Waals surface area contributed by atoms with E-state index in [1.54, 1.807) is 36.4 Å². The molecule has 0 atom stereocenters. The van der Waals surface area contributed by atoms with E-state index in [4.69, 9.17) is 9.47 Å². The van der Waals surface area contributed by atoms with Crippen molar-refractivity contribution in [2.75, 3.05) is 18.9 Å². The highest BCUT2D eigenvalue weighted by atomic mass is 32.2. The van der Waals surface area contributed by atoms with Gasteiger partial charge in [-0.1, -0.05) is 17.7 Å². The number of ether oxygens (including phenoxy) is 2. The van der Waals surface area contributed by atoms with Gasteiger partial charge in [0.15, 0.2) is 0 Å². The van der Waals surface area contributed by atoms with Crippen LogP contribution in [0.1, 0.15) is 11.1 Å². The van der Waals surface area contributed by atoms with Crippen LogP contribution < -0.4 is 14.2 Å². The van der Waals surface area contributed by atoms with Gasteiger partial charge in [0.2, 0.25) is 0 Å². The molecule has 2 aromatic rings. The first-order chi connectivity index (χ1) is 10.4. The predicted octanol–water partition coefficient (Wildman–Crippen LogP) is 3.12. The fourth-order valence-corrected chi connectivity index (χ4v) is 3.11. The Morgan fingerprint density at radius 3 is 2.05 bits per heavy atom. The highest BCUT2D eigenvalue weighted by molar-refractivity contribution is 7.92. The van der Waals surface area contributed by atoms with Gasteiger partial charge < -0.3 is 9.47 Å². The maximum absolute atomic E-state index is 12.5. The SMILES string of the molecule is COc1cc(NS(=O)(=O)c2ccc(C)cc2)c(OC)cc1C. The van der Waals surface area contributed by atoms with Crippen molar-refractivity contribution >= 4 is 15.7 Å². The molecule has 0 aliphatic carbocycles. The lowest BCUT2D eigenvalue weighted by molar-refractivity contribution is 0.402. The van der Waals surface area contributed by atoms with E-state index in [1.807, 2.05) is 13.8 Å². The van der Waals surface area contributed by atoms with Crippen molar-refractivity contribution in [3.63, 3.8) is 0 Å². The van der Waals surface area contributed by atoms with Crippen LogP contribution in [0, 0.1) is 13.8 Å². The first-order valence-electron chi connectivity index (χ1n) is 6.69. The number of benzene rings is 2. The summed E-state index contributed by atoms with van der Waals surface area (Å²) in [5.41, 5.74) is 2.19. The normalized spacial score (nSPS) is 11.1. The molecular formula is C16H19NO4S. The summed E-state index contributed by atoms with van der Waals surface area (Å²) in [6, 6.07) is 9.97. The lowest BCUT2D eigenvalue weighted by atomic mass is 10.2. The van der Waals surface area contributed by atoms with E-state index in [0.717, 1.165) is 11.1 Å². The third-order valence-corrected chi connectivity index (χ3v) is 4.67. The molecule has 0 unspecified atom stereocenters. The summed E-state index contributed by atoms with van der Waals surface area (Å²) in [6.07, 6.45) is 0. The van der Waals surface area contributed by atoms with Gasteiger partial charge in [-0.2, -0.15) is 0 Å². The maximum atomic E-state index is 12.5. The summed E-state index contributed by atoms with van der Waals surface area (Å²) in [7, 11) is -0.660. The fourth-order valence-electron chi connectivity index (χ4n) is 2.05. The molecule has 2 aromatic carbocycles. The number of hydrogen-bond donors (Lipinski definition) is 1. The molecule has 118 valence electrons. The van der Waals surface area contributed by atoms with Gasteiger partial charge in [0, 0.05) is 6.07 Å². The first-order valence-corrected chi connectivity index (χ1v) is 8.18. The lowest BCUT2D eigenvalue weighted by Gasteiger charge is -2.15. The molecule has 0 fully saturated rings. The molecular weight excluding hydrogens is 302 g/mol. The van der Waals surface area contributed by atoms with Gasteiger partial charge in [-0.25, -0.2) is 8.42 Å². The average molecular weight is 321 g/mol. The quantitative estimate of drug-likeness (QED) is 0.919. The van der Waals surface area contributed by atoms with Crippen molar-refractivity contribution in [2.45, 2.75) is 18.7 Å². The smallest absolute Gasteiger partial charge is 0.262 e. The molecule has 0 spiro atoms. The van der Waals surface area contributed by atoms with Crippen LogP contribution in [-0.4, -0.2) is 22.6 Å². The molecule has 0 aromatic heterocycles. The Hall–Kier alpha value is -2.21. The van der Waals surface area contributed by atoms with Crippen LogP contribution in [0.15, 0.2) is 41.3 Å². The largest absolute Gasteiger partial charge is 0.496 e. The summed E-state index contributed by atoms with van der Waals surface area (Å²) < 4.78 is 37.9. The van der Waals surface area contributed by atoms with E-state index in [0.29, 0.717) is 17.2 Å². The second-order valence-corrected chi connectivity index (χ2v) is 6.62. The molecule has 1 N–H and O–H groups in total. The second kappa shape index (κ2) is 6.27. The molecule has 0 heterocycles. The Labute approximate surface area is 130 Å². The van der Waals surface area contributed by atoms with Gasteiger partial charge in [0.25, 0.3) is 10.0 Å². The number of rotatable bonds is 5. The molecule has 0 aliphatic rings. The van der Waals surface area contributed by atoms with Gasteiger partial charge in [0.1, 0.15) is 11.5 Å². The minimum absolute atomic E-state index is 0.194. The molecule has 0 saturated carbocycles. The van der Waals surface area contributed by atoms with E-state index in [1.165, 1.54) is 14.2 Å². The average Bonchev–Trinajstić information content (AvgIpc) is 2.48. The number of methoxy groups -OCH3 is 2. The zero-order chi connectivity index (χ0) is 16.3. The number of anilines is 1. The minimum atomic E-state index is -3.69. The molecule has 22 heavy (non-hydrogen) atoms. The molecule has 0 radical (unpaired) electrons. The molecule has 5 nitrogen and oxygen atoms in total. The van der Waals surface area contributed by atoms with Crippen molar-refractivity contribution in [1.29, 1.82) is 0 Å². The van der Waals surface area contributed by atoms with E-state index < -0.39 is 10.0 Å². The zero-order valence-corrected chi connectivity index (χ0v) is 13.8. The van der Waals surface area contributed by atoms with Gasteiger partial charge in [-0.05, 0) is 37.6 Å². The summed E-state index contributed by atoms with van der Waals surface area (Å²) >= 11 is 0. The van der Waals surface area contributed by atoms with Crippen LogP contribution in [0.3, 0.4) is 0 Å². The van der Waals surface area contributed by atoms with Gasteiger partial charge in [0.05, 0.1) is 24.8 Å². The summed E-state index contributed by atoms with van der Waals surface area (Å²) in [5.74, 6) is 1.02. The first kappa shape index (κ1) is 16.2. The van der Waals surface area contributed by atoms with Crippen LogP contribution >= 0.6 is 0 Å². The molecule has 0 aliphatic heterocycles. The highest BCUT2D eigenvalue weighted by Crippen LogP contribution is 2.33. The molecule has 0 saturated heterocycles. The Bertz CT molecular complexity index is 767. The van der Waals surface area contributed by atoms with E-state index in [-0.39, 0.29) is 4.90 Å². The standard InChI is InChI=1S/C16H19NO4S/c1-11-5-7-13(8-6-11)22(18,19)17-14-10-15(20-3)12(2)9-16(14)21-4/h5-10,17H,1-4H3. The maximum Gasteiger partial charge on any atom is 0.262 e. The van der Waals surface area contributed by atoms with Gasteiger partial charge in [-0.15, -0.1) is 0 Å². The number of aryl methyl sites for hydroxylation is 2. The Morgan fingerprint density at radius 2 is 1.50 bits per heavy atom. The monoisotopic (exact) mass is 321 g/mol. The number of nitrogens with one attached hydrogen (secondary N) is 1.